The summed E-state index contributed by atoms with van der Waals surface area (Å²) in [7, 11) is 0. The van der Waals surface area contributed by atoms with Crippen LogP contribution in [-0.2, 0) is 6.54 Å². The van der Waals surface area contributed by atoms with E-state index in [2.05, 4.69) is 20.9 Å². The molecule has 13 heavy (non-hydrogen) atoms. The maximum absolute atomic E-state index is 12.5. The van der Waals surface area contributed by atoms with Crippen LogP contribution in [0.4, 0.5) is 8.78 Å². The molecule has 6 heteroatoms. The van der Waals surface area contributed by atoms with Crippen LogP contribution in [0.5, 0.6) is 0 Å². The van der Waals surface area contributed by atoms with Crippen molar-refractivity contribution in [2.24, 2.45) is 5.73 Å². The smallest absolute Gasteiger partial charge is 0.265 e. The largest absolute Gasteiger partial charge is 0.326 e. The van der Waals surface area contributed by atoms with Crippen LogP contribution in [0.3, 0.4) is 0 Å². The molecule has 0 aromatic carbocycles. The van der Waals surface area contributed by atoms with Crippen LogP contribution < -0.4 is 5.73 Å². The van der Waals surface area contributed by atoms with Gasteiger partial charge in [-0.15, -0.1) is 0 Å². The lowest BCUT2D eigenvalue weighted by atomic mass is 10.1. The summed E-state index contributed by atoms with van der Waals surface area (Å²) in [4.78, 5) is 3.92. The van der Waals surface area contributed by atoms with E-state index in [9.17, 15) is 8.78 Å². The molecule has 0 fully saturated rings. The van der Waals surface area contributed by atoms with Crippen molar-refractivity contribution in [3.8, 4) is 0 Å². The standard InChI is InChI=1S/C7H6BrF2IN2/c8-5-4(6(9)10)3(1-12)2-13-7(5)11/h2,6H,1,12H2. The van der Waals surface area contributed by atoms with Gasteiger partial charge in [-0.2, -0.15) is 0 Å². The lowest BCUT2D eigenvalue weighted by Gasteiger charge is -2.09. The Bertz CT molecular complexity index is 320. The van der Waals surface area contributed by atoms with Gasteiger partial charge in [0.05, 0.1) is 4.47 Å². The summed E-state index contributed by atoms with van der Waals surface area (Å²) >= 11 is 4.95. The maximum atomic E-state index is 12.5. The molecule has 1 aromatic heterocycles. The molecule has 2 N–H and O–H groups in total. The average Bonchev–Trinajstić information content (AvgIpc) is 2.08. The van der Waals surface area contributed by atoms with Crippen molar-refractivity contribution in [1.82, 2.24) is 4.98 Å². The molecule has 0 aliphatic carbocycles. The second-order valence-corrected chi connectivity index (χ2v) is 4.12. The SMILES string of the molecule is NCc1cnc(I)c(Br)c1C(F)F. The van der Waals surface area contributed by atoms with Gasteiger partial charge in [-0.1, -0.05) is 0 Å². The lowest BCUT2D eigenvalue weighted by Crippen LogP contribution is -2.05. The fourth-order valence-electron chi connectivity index (χ4n) is 0.911. The Morgan fingerprint density at radius 3 is 2.69 bits per heavy atom. The Hall–Kier alpha value is 0.180. The average molecular weight is 363 g/mol. The first-order chi connectivity index (χ1) is 6.07. The fraction of sp³-hybridized carbons (Fsp3) is 0.286. The van der Waals surface area contributed by atoms with Crippen LogP contribution in [0, 0.1) is 3.70 Å². The Morgan fingerprint density at radius 1 is 1.62 bits per heavy atom. The highest BCUT2D eigenvalue weighted by Gasteiger charge is 2.18. The molecule has 2 nitrogen and oxygen atoms in total. The predicted octanol–water partition coefficient (Wildman–Crippen LogP) is 2.85. The highest BCUT2D eigenvalue weighted by Crippen LogP contribution is 2.32. The molecule has 0 saturated heterocycles. The Kier molecular flexibility index (Phi) is 3.99. The summed E-state index contributed by atoms with van der Waals surface area (Å²) in [6, 6.07) is 0. The lowest BCUT2D eigenvalue weighted by molar-refractivity contribution is 0.149. The highest BCUT2D eigenvalue weighted by atomic mass is 127. The van der Waals surface area contributed by atoms with Crippen molar-refractivity contribution < 1.29 is 8.78 Å². The van der Waals surface area contributed by atoms with E-state index in [1.54, 1.807) is 0 Å². The van der Waals surface area contributed by atoms with Crippen LogP contribution in [-0.4, -0.2) is 4.98 Å². The minimum atomic E-state index is -2.52. The van der Waals surface area contributed by atoms with E-state index in [4.69, 9.17) is 5.73 Å². The number of aromatic nitrogens is 1. The quantitative estimate of drug-likeness (QED) is 0.649. The number of nitrogens with zero attached hydrogens (tertiary/aromatic N) is 1. The van der Waals surface area contributed by atoms with Gasteiger partial charge in [0.2, 0.25) is 0 Å². The van der Waals surface area contributed by atoms with E-state index >= 15 is 0 Å². The third-order valence-electron chi connectivity index (χ3n) is 1.54. The van der Waals surface area contributed by atoms with Crippen molar-refractivity contribution in [1.29, 1.82) is 0 Å². The molecule has 0 unspecified atom stereocenters. The number of hydrogen-bond acceptors (Lipinski definition) is 2. The Labute approximate surface area is 96.2 Å². The summed E-state index contributed by atoms with van der Waals surface area (Å²) in [5.41, 5.74) is 5.63. The zero-order chi connectivity index (χ0) is 10.0. The second kappa shape index (κ2) is 4.61. The van der Waals surface area contributed by atoms with Gasteiger partial charge in [0.15, 0.2) is 0 Å². The van der Waals surface area contributed by atoms with Gasteiger partial charge in [-0.25, -0.2) is 13.8 Å². The summed E-state index contributed by atoms with van der Waals surface area (Å²) in [6.07, 6.45) is -1.14. The third-order valence-corrected chi connectivity index (χ3v) is 3.90. The number of hydrogen-bond donors (Lipinski definition) is 1. The third kappa shape index (κ3) is 2.35. The van der Waals surface area contributed by atoms with E-state index in [-0.39, 0.29) is 12.1 Å². The first kappa shape index (κ1) is 11.3. The second-order valence-electron chi connectivity index (χ2n) is 2.31. The van der Waals surface area contributed by atoms with E-state index < -0.39 is 6.43 Å². The normalized spacial score (nSPS) is 10.9. The number of alkyl halides is 2. The fourth-order valence-corrected chi connectivity index (χ4v) is 1.87. The van der Waals surface area contributed by atoms with Crippen LogP contribution in [0.25, 0.3) is 0 Å². The molecule has 0 radical (unpaired) electrons. The minimum Gasteiger partial charge on any atom is -0.326 e. The maximum Gasteiger partial charge on any atom is 0.265 e. The molecule has 0 bridgehead atoms. The van der Waals surface area contributed by atoms with Gasteiger partial charge in [0.25, 0.3) is 6.43 Å². The molecular weight excluding hydrogens is 357 g/mol. The molecule has 0 amide bonds. The van der Waals surface area contributed by atoms with Crippen molar-refractivity contribution in [3.05, 3.63) is 25.5 Å². The van der Waals surface area contributed by atoms with Crippen LogP contribution in [0.2, 0.25) is 0 Å². The van der Waals surface area contributed by atoms with Gasteiger partial charge in [-0.3, -0.25) is 0 Å². The molecule has 0 spiro atoms. The van der Waals surface area contributed by atoms with Gasteiger partial charge >= 0.3 is 0 Å². The van der Waals surface area contributed by atoms with E-state index in [0.29, 0.717) is 13.7 Å². The van der Waals surface area contributed by atoms with Crippen LogP contribution in [0.15, 0.2) is 10.7 Å². The van der Waals surface area contributed by atoms with Crippen molar-refractivity contribution in [2.75, 3.05) is 0 Å². The zero-order valence-corrected chi connectivity index (χ0v) is 10.1. The minimum absolute atomic E-state index is 0.0538. The van der Waals surface area contributed by atoms with Crippen LogP contribution in [0.1, 0.15) is 17.6 Å². The molecule has 1 aromatic rings. The van der Waals surface area contributed by atoms with E-state index in [1.165, 1.54) is 6.20 Å². The van der Waals surface area contributed by atoms with Crippen molar-refractivity contribution in [3.63, 3.8) is 0 Å². The number of pyridine rings is 1. The molecule has 1 heterocycles. The first-order valence-corrected chi connectivity index (χ1v) is 5.26. The van der Waals surface area contributed by atoms with Gasteiger partial charge in [-0.05, 0) is 44.1 Å². The van der Waals surface area contributed by atoms with Crippen molar-refractivity contribution >= 4 is 38.5 Å². The van der Waals surface area contributed by atoms with Gasteiger partial charge in [0.1, 0.15) is 3.70 Å². The monoisotopic (exact) mass is 362 g/mol. The number of nitrogens with two attached hydrogens (primary N) is 1. The number of rotatable bonds is 2. The number of halogens is 4. The molecule has 0 aliphatic rings. The summed E-state index contributed by atoms with van der Waals surface area (Å²) < 4.78 is 25.9. The molecule has 72 valence electrons. The molecular formula is C7H6BrF2IN2. The Balaban J connectivity index is 3.32. The molecule has 0 aliphatic heterocycles. The summed E-state index contributed by atoms with van der Waals surface area (Å²) in [6.45, 7) is 0.0716. The topological polar surface area (TPSA) is 38.9 Å². The van der Waals surface area contributed by atoms with E-state index in [0.717, 1.165) is 0 Å². The predicted molar refractivity (Wildman–Crippen MR) is 57.5 cm³/mol. The Morgan fingerprint density at radius 2 is 2.23 bits per heavy atom. The molecule has 0 saturated carbocycles. The van der Waals surface area contributed by atoms with Crippen LogP contribution >= 0.6 is 38.5 Å². The summed E-state index contributed by atoms with van der Waals surface area (Å²) in [5, 5.41) is 0. The van der Waals surface area contributed by atoms with Crippen molar-refractivity contribution in [2.45, 2.75) is 13.0 Å². The molecule has 1 rings (SSSR count). The highest BCUT2D eigenvalue weighted by molar-refractivity contribution is 14.1. The first-order valence-electron chi connectivity index (χ1n) is 3.39. The molecule has 0 atom stereocenters. The van der Waals surface area contributed by atoms with E-state index in [1.807, 2.05) is 22.6 Å². The summed E-state index contributed by atoms with van der Waals surface area (Å²) in [5.74, 6) is 0. The van der Waals surface area contributed by atoms with Gasteiger partial charge in [0, 0.05) is 18.3 Å². The zero-order valence-electron chi connectivity index (χ0n) is 6.40. The van der Waals surface area contributed by atoms with Gasteiger partial charge < -0.3 is 5.73 Å².